The lowest BCUT2D eigenvalue weighted by Crippen LogP contribution is -2.22. The standard InChI is InChI=1S/C20H19ClN4O/c1-3-4-19(26)24-11-13-7-14(12-23-10-13)20-17(9-22)16-6-5-15(21)8-18(16)25(20)2/h5-8,10,12H,3-4,11H2,1-2H3,(H,24,26). The number of nitrogens with zero attached hydrogens (tertiary/aromatic N) is 3. The van der Waals surface area contributed by atoms with E-state index in [-0.39, 0.29) is 5.91 Å². The van der Waals surface area contributed by atoms with Gasteiger partial charge in [-0.3, -0.25) is 9.78 Å². The van der Waals surface area contributed by atoms with Crippen LogP contribution in [0.5, 0.6) is 0 Å². The summed E-state index contributed by atoms with van der Waals surface area (Å²) < 4.78 is 1.95. The SMILES string of the molecule is CCCC(=O)NCc1cncc(-c2c(C#N)c3ccc(Cl)cc3n2C)c1. The maximum Gasteiger partial charge on any atom is 0.220 e. The van der Waals surface area contributed by atoms with E-state index in [1.807, 2.05) is 36.7 Å². The van der Waals surface area contributed by atoms with Crippen LogP contribution in [0.2, 0.25) is 5.02 Å². The zero-order valence-electron chi connectivity index (χ0n) is 14.7. The third kappa shape index (κ3) is 3.42. The molecule has 0 aliphatic rings. The highest BCUT2D eigenvalue weighted by atomic mass is 35.5. The Bertz CT molecular complexity index is 1020. The van der Waals surface area contributed by atoms with Gasteiger partial charge in [0.2, 0.25) is 5.91 Å². The van der Waals surface area contributed by atoms with E-state index in [2.05, 4.69) is 16.4 Å². The molecule has 0 aliphatic heterocycles. The predicted molar refractivity (Wildman–Crippen MR) is 103 cm³/mol. The molecule has 0 radical (unpaired) electrons. The minimum atomic E-state index is 0.0230. The van der Waals surface area contributed by atoms with Crippen molar-refractivity contribution in [3.63, 3.8) is 0 Å². The molecule has 3 aromatic rings. The first-order chi connectivity index (χ1) is 12.5. The molecule has 0 unspecified atom stereocenters. The summed E-state index contributed by atoms with van der Waals surface area (Å²) in [6.07, 6.45) is 4.78. The minimum absolute atomic E-state index is 0.0230. The number of carbonyl (C=O) groups excluding carboxylic acids is 1. The van der Waals surface area contributed by atoms with Crippen LogP contribution in [-0.4, -0.2) is 15.5 Å². The number of halogens is 1. The maximum atomic E-state index is 11.7. The average molecular weight is 367 g/mol. The molecule has 0 atom stereocenters. The van der Waals surface area contributed by atoms with Crippen molar-refractivity contribution in [1.29, 1.82) is 5.26 Å². The van der Waals surface area contributed by atoms with Crippen LogP contribution in [0.1, 0.15) is 30.9 Å². The molecule has 1 amide bonds. The summed E-state index contributed by atoms with van der Waals surface area (Å²) in [6, 6.07) is 9.75. The molecular formula is C20H19ClN4O. The highest BCUT2D eigenvalue weighted by molar-refractivity contribution is 6.31. The van der Waals surface area contributed by atoms with Crippen molar-refractivity contribution < 1.29 is 4.79 Å². The number of pyridine rings is 1. The van der Waals surface area contributed by atoms with Crippen molar-refractivity contribution in [2.45, 2.75) is 26.3 Å². The van der Waals surface area contributed by atoms with Crippen LogP contribution in [-0.2, 0) is 18.4 Å². The third-order valence-corrected chi connectivity index (χ3v) is 4.54. The zero-order valence-corrected chi connectivity index (χ0v) is 15.5. The summed E-state index contributed by atoms with van der Waals surface area (Å²) in [5, 5.41) is 14.1. The number of carbonyl (C=O) groups is 1. The van der Waals surface area contributed by atoms with Crippen LogP contribution in [0.4, 0.5) is 0 Å². The van der Waals surface area contributed by atoms with E-state index in [0.29, 0.717) is 23.6 Å². The molecule has 132 valence electrons. The Morgan fingerprint density at radius 1 is 1.35 bits per heavy atom. The highest BCUT2D eigenvalue weighted by Crippen LogP contribution is 2.33. The van der Waals surface area contributed by atoms with Gasteiger partial charge < -0.3 is 9.88 Å². The molecular weight excluding hydrogens is 348 g/mol. The fourth-order valence-electron chi connectivity index (χ4n) is 3.09. The van der Waals surface area contributed by atoms with Crippen molar-refractivity contribution in [3.8, 4) is 17.3 Å². The van der Waals surface area contributed by atoms with Gasteiger partial charge in [0, 0.05) is 48.4 Å². The van der Waals surface area contributed by atoms with Gasteiger partial charge in [0.1, 0.15) is 6.07 Å². The third-order valence-electron chi connectivity index (χ3n) is 4.31. The van der Waals surface area contributed by atoms with Gasteiger partial charge in [0.15, 0.2) is 0 Å². The molecule has 1 aromatic carbocycles. The van der Waals surface area contributed by atoms with Crippen molar-refractivity contribution in [2.75, 3.05) is 0 Å². The summed E-state index contributed by atoms with van der Waals surface area (Å²) in [7, 11) is 1.91. The van der Waals surface area contributed by atoms with E-state index >= 15 is 0 Å². The molecule has 0 bridgehead atoms. The van der Waals surface area contributed by atoms with Gasteiger partial charge in [0.05, 0.1) is 16.8 Å². The Hall–Kier alpha value is -2.84. The van der Waals surface area contributed by atoms with Gasteiger partial charge in [0.25, 0.3) is 0 Å². The normalized spacial score (nSPS) is 10.7. The zero-order chi connectivity index (χ0) is 18.7. The first-order valence-electron chi connectivity index (χ1n) is 8.44. The number of aromatic nitrogens is 2. The van der Waals surface area contributed by atoms with Gasteiger partial charge in [-0.05, 0) is 36.2 Å². The molecule has 0 saturated carbocycles. The van der Waals surface area contributed by atoms with Crippen molar-refractivity contribution in [3.05, 3.63) is 52.8 Å². The Morgan fingerprint density at radius 2 is 2.15 bits per heavy atom. The summed E-state index contributed by atoms with van der Waals surface area (Å²) in [4.78, 5) is 16.0. The molecule has 0 saturated heterocycles. The molecule has 0 fully saturated rings. The lowest BCUT2D eigenvalue weighted by atomic mass is 10.1. The van der Waals surface area contributed by atoms with Gasteiger partial charge in [-0.2, -0.15) is 5.26 Å². The second-order valence-corrected chi connectivity index (χ2v) is 6.60. The Kier molecular flexibility index (Phi) is 5.24. The molecule has 0 spiro atoms. The van der Waals surface area contributed by atoms with Gasteiger partial charge in [-0.1, -0.05) is 18.5 Å². The molecule has 26 heavy (non-hydrogen) atoms. The van der Waals surface area contributed by atoms with E-state index in [1.165, 1.54) is 0 Å². The summed E-state index contributed by atoms with van der Waals surface area (Å²) in [6.45, 7) is 2.38. The average Bonchev–Trinajstić information content (AvgIpc) is 2.92. The number of nitrogens with one attached hydrogen (secondary N) is 1. The van der Waals surface area contributed by atoms with Gasteiger partial charge in [-0.25, -0.2) is 0 Å². The van der Waals surface area contributed by atoms with Gasteiger partial charge in [-0.15, -0.1) is 0 Å². The monoisotopic (exact) mass is 366 g/mol. The summed E-state index contributed by atoms with van der Waals surface area (Å²) >= 11 is 6.11. The number of rotatable bonds is 5. The van der Waals surface area contributed by atoms with Crippen LogP contribution < -0.4 is 5.32 Å². The second-order valence-electron chi connectivity index (χ2n) is 6.16. The van der Waals surface area contributed by atoms with Crippen LogP contribution in [0.3, 0.4) is 0 Å². The van der Waals surface area contributed by atoms with E-state index < -0.39 is 0 Å². The molecule has 2 aromatic heterocycles. The lowest BCUT2D eigenvalue weighted by Gasteiger charge is -2.08. The molecule has 2 heterocycles. The number of amides is 1. The van der Waals surface area contributed by atoms with Crippen LogP contribution in [0.15, 0.2) is 36.7 Å². The predicted octanol–water partition coefficient (Wildman–Crippen LogP) is 4.18. The smallest absolute Gasteiger partial charge is 0.220 e. The Balaban J connectivity index is 2.02. The van der Waals surface area contributed by atoms with E-state index in [4.69, 9.17) is 11.6 Å². The van der Waals surface area contributed by atoms with Crippen LogP contribution in [0, 0.1) is 11.3 Å². The molecule has 3 rings (SSSR count). The quantitative estimate of drug-likeness (QED) is 0.736. The van der Waals surface area contributed by atoms with E-state index in [1.54, 1.807) is 18.5 Å². The van der Waals surface area contributed by atoms with Crippen LogP contribution in [0.25, 0.3) is 22.2 Å². The van der Waals surface area contributed by atoms with Gasteiger partial charge >= 0.3 is 0 Å². The fraction of sp³-hybridized carbons (Fsp3) is 0.250. The number of hydrogen-bond acceptors (Lipinski definition) is 3. The minimum Gasteiger partial charge on any atom is -0.352 e. The Labute approximate surface area is 157 Å². The number of hydrogen-bond donors (Lipinski definition) is 1. The summed E-state index contributed by atoms with van der Waals surface area (Å²) in [5.41, 5.74) is 4.00. The first kappa shape index (κ1) is 18.0. The fourth-order valence-corrected chi connectivity index (χ4v) is 3.26. The highest BCUT2D eigenvalue weighted by Gasteiger charge is 2.17. The molecule has 1 N–H and O–H groups in total. The number of fused-ring (bicyclic) bond motifs is 1. The topological polar surface area (TPSA) is 70.7 Å². The van der Waals surface area contributed by atoms with E-state index in [0.717, 1.165) is 34.1 Å². The summed E-state index contributed by atoms with van der Waals surface area (Å²) in [5.74, 6) is 0.0230. The van der Waals surface area contributed by atoms with Crippen molar-refractivity contribution in [1.82, 2.24) is 14.9 Å². The lowest BCUT2D eigenvalue weighted by molar-refractivity contribution is -0.121. The number of benzene rings is 1. The van der Waals surface area contributed by atoms with E-state index in [9.17, 15) is 10.1 Å². The van der Waals surface area contributed by atoms with Crippen molar-refractivity contribution >= 4 is 28.4 Å². The van der Waals surface area contributed by atoms with Crippen LogP contribution >= 0.6 is 11.6 Å². The number of aryl methyl sites for hydroxylation is 1. The first-order valence-corrected chi connectivity index (χ1v) is 8.82. The second kappa shape index (κ2) is 7.59. The molecule has 0 aliphatic carbocycles. The molecule has 6 heteroatoms. The largest absolute Gasteiger partial charge is 0.352 e. The van der Waals surface area contributed by atoms with Crippen molar-refractivity contribution in [2.24, 2.45) is 7.05 Å². The number of nitriles is 1. The molecule has 5 nitrogen and oxygen atoms in total. The Morgan fingerprint density at radius 3 is 2.88 bits per heavy atom. The maximum absolute atomic E-state index is 11.7.